The fourth-order valence-corrected chi connectivity index (χ4v) is 2.30. The number of nitrogens with two attached hydrogens (primary N) is 2. The van der Waals surface area contributed by atoms with Gasteiger partial charge in [0.05, 0.1) is 5.92 Å². The van der Waals surface area contributed by atoms with Crippen LogP contribution in [0.2, 0.25) is 0 Å². The molecule has 0 saturated carbocycles. The summed E-state index contributed by atoms with van der Waals surface area (Å²) in [7, 11) is 0. The number of benzene rings is 1. The Labute approximate surface area is 159 Å². The average Bonchev–Trinajstić information content (AvgIpc) is 2.62. The zero-order chi connectivity index (χ0) is 20.4. The third-order valence-electron chi connectivity index (χ3n) is 3.76. The van der Waals surface area contributed by atoms with Crippen LogP contribution >= 0.6 is 0 Å². The van der Waals surface area contributed by atoms with Crippen molar-refractivity contribution in [1.82, 2.24) is 5.43 Å². The number of rotatable bonds is 10. The second-order valence-electron chi connectivity index (χ2n) is 6.19. The average molecular weight is 379 g/mol. The van der Waals surface area contributed by atoms with E-state index in [0.717, 1.165) is 24.8 Å². The molecule has 0 spiro atoms. The molecule has 8 nitrogen and oxygen atoms in total. The second kappa shape index (κ2) is 11.1. The van der Waals surface area contributed by atoms with Gasteiger partial charge in [0, 0.05) is 0 Å². The van der Waals surface area contributed by atoms with Gasteiger partial charge in [0.1, 0.15) is 5.75 Å². The number of carbonyl (C=O) groups excluding carboxylic acids is 2. The van der Waals surface area contributed by atoms with Crippen molar-refractivity contribution in [2.75, 3.05) is 6.79 Å². The van der Waals surface area contributed by atoms with Crippen molar-refractivity contribution in [3.05, 3.63) is 40.9 Å². The van der Waals surface area contributed by atoms with Crippen molar-refractivity contribution in [3.63, 3.8) is 0 Å². The Morgan fingerprint density at radius 3 is 2.41 bits per heavy atom. The number of hydrogen-bond donors (Lipinski definition) is 3. The predicted octanol–water partition coefficient (Wildman–Crippen LogP) is 1.87. The summed E-state index contributed by atoms with van der Waals surface area (Å²) in [6.45, 7) is 6.97. The molecule has 0 unspecified atom stereocenters. The second-order valence-corrected chi connectivity index (χ2v) is 6.19. The monoisotopic (exact) mass is 379 g/mol. The van der Waals surface area contributed by atoms with Crippen LogP contribution < -0.4 is 21.7 Å². The van der Waals surface area contributed by atoms with E-state index < -0.39 is 18.7 Å². The molecule has 0 amide bonds. The summed E-state index contributed by atoms with van der Waals surface area (Å²) in [5.74, 6) is 3.88. The molecule has 0 aliphatic rings. The molecule has 0 heterocycles. The van der Waals surface area contributed by atoms with Crippen LogP contribution in [-0.4, -0.2) is 18.7 Å². The van der Waals surface area contributed by atoms with Crippen LogP contribution in [0.15, 0.2) is 29.8 Å². The van der Waals surface area contributed by atoms with Gasteiger partial charge in [0.2, 0.25) is 12.7 Å². The van der Waals surface area contributed by atoms with Crippen LogP contribution in [0.3, 0.4) is 0 Å². The Kier molecular flexibility index (Phi) is 9.15. The maximum absolute atomic E-state index is 12.1. The number of hydrazine groups is 1. The molecular weight excluding hydrogens is 350 g/mol. The van der Waals surface area contributed by atoms with Crippen LogP contribution in [0.1, 0.15) is 45.2 Å². The van der Waals surface area contributed by atoms with Gasteiger partial charge in [-0.05, 0) is 36.1 Å². The van der Waals surface area contributed by atoms with Crippen molar-refractivity contribution in [1.29, 1.82) is 0 Å². The Morgan fingerprint density at radius 2 is 1.85 bits per heavy atom. The first-order valence-electron chi connectivity index (χ1n) is 8.93. The van der Waals surface area contributed by atoms with E-state index in [1.165, 1.54) is 5.56 Å². The van der Waals surface area contributed by atoms with Crippen molar-refractivity contribution < 1.29 is 23.8 Å². The summed E-state index contributed by atoms with van der Waals surface area (Å²) in [6, 6.07) is 5.63. The van der Waals surface area contributed by atoms with E-state index in [1.54, 1.807) is 19.9 Å². The van der Waals surface area contributed by atoms with Crippen molar-refractivity contribution >= 4 is 11.9 Å². The van der Waals surface area contributed by atoms with Crippen LogP contribution in [0.4, 0.5) is 0 Å². The number of hydrogen-bond acceptors (Lipinski definition) is 8. The normalized spacial score (nSPS) is 11.6. The van der Waals surface area contributed by atoms with Crippen LogP contribution in [0.5, 0.6) is 5.75 Å². The minimum absolute atomic E-state index is 0.246. The van der Waals surface area contributed by atoms with E-state index >= 15 is 0 Å². The van der Waals surface area contributed by atoms with Crippen LogP contribution in [0.25, 0.3) is 0 Å². The van der Waals surface area contributed by atoms with Crippen LogP contribution in [-0.2, 0) is 31.9 Å². The van der Waals surface area contributed by atoms with Gasteiger partial charge in [-0.15, -0.1) is 0 Å². The molecule has 1 rings (SSSR count). The quantitative estimate of drug-likeness (QED) is 0.140. The third kappa shape index (κ3) is 6.82. The summed E-state index contributed by atoms with van der Waals surface area (Å²) >= 11 is 0. The standard InChI is InChI=1S/C19H29N3O5/c1-5-7-14-10-15(9-8-13(14)6-2)27-17(20)16(22-21)19(24)26-11-25-18(23)12(3)4/h8-10,12,22H,5-7,11,20-21H2,1-4H3/b17-16+. The summed E-state index contributed by atoms with van der Waals surface area (Å²) in [5, 5.41) is 0. The number of aryl methyl sites for hydroxylation is 2. The largest absolute Gasteiger partial charge is 0.439 e. The Morgan fingerprint density at radius 1 is 1.15 bits per heavy atom. The molecule has 1 aromatic rings. The van der Waals surface area contributed by atoms with E-state index in [1.807, 2.05) is 12.1 Å². The molecule has 0 aliphatic carbocycles. The van der Waals surface area contributed by atoms with Gasteiger partial charge in [0.25, 0.3) is 0 Å². The summed E-state index contributed by atoms with van der Waals surface area (Å²) < 4.78 is 15.2. The predicted molar refractivity (Wildman–Crippen MR) is 101 cm³/mol. The molecule has 0 bridgehead atoms. The highest BCUT2D eigenvalue weighted by Crippen LogP contribution is 2.21. The van der Waals surface area contributed by atoms with E-state index in [-0.39, 0.29) is 17.5 Å². The highest BCUT2D eigenvalue weighted by Gasteiger charge is 2.18. The number of carbonyl (C=O) groups is 2. The Hall–Kier alpha value is -2.74. The SMILES string of the molecule is CCCc1cc(O/C(N)=C(/NN)C(=O)OCOC(=O)C(C)C)ccc1CC. The van der Waals surface area contributed by atoms with Gasteiger partial charge in [0.15, 0.2) is 5.70 Å². The van der Waals surface area contributed by atoms with Gasteiger partial charge >= 0.3 is 11.9 Å². The molecular formula is C19H29N3O5. The first-order chi connectivity index (χ1) is 12.8. The van der Waals surface area contributed by atoms with Gasteiger partial charge in [-0.2, -0.15) is 0 Å². The molecule has 0 saturated heterocycles. The molecule has 1 aromatic carbocycles. The molecule has 8 heteroatoms. The molecule has 0 fully saturated rings. The van der Waals surface area contributed by atoms with Crippen molar-refractivity contribution in [3.8, 4) is 5.75 Å². The van der Waals surface area contributed by atoms with Gasteiger partial charge in [-0.1, -0.05) is 40.2 Å². The number of esters is 2. The van der Waals surface area contributed by atoms with Gasteiger partial charge in [-0.25, -0.2) is 4.79 Å². The first-order valence-corrected chi connectivity index (χ1v) is 8.93. The first kappa shape index (κ1) is 22.3. The molecule has 0 radical (unpaired) electrons. The summed E-state index contributed by atoms with van der Waals surface area (Å²) in [6.07, 6.45) is 2.83. The van der Waals surface area contributed by atoms with Gasteiger partial charge < -0.3 is 25.4 Å². The zero-order valence-electron chi connectivity index (χ0n) is 16.3. The molecule has 0 atom stereocenters. The number of nitrogens with one attached hydrogen (secondary N) is 1. The lowest BCUT2D eigenvalue weighted by Gasteiger charge is -2.14. The number of ether oxygens (including phenoxy) is 3. The molecule has 5 N–H and O–H groups in total. The Bertz CT molecular complexity index is 686. The maximum atomic E-state index is 12.1. The molecule has 0 aliphatic heterocycles. The van der Waals surface area contributed by atoms with Gasteiger partial charge in [-0.3, -0.25) is 10.6 Å². The van der Waals surface area contributed by atoms with Crippen LogP contribution in [0, 0.1) is 5.92 Å². The minimum atomic E-state index is -0.898. The molecule has 27 heavy (non-hydrogen) atoms. The molecule has 150 valence electrons. The highest BCUT2D eigenvalue weighted by atomic mass is 16.7. The highest BCUT2D eigenvalue weighted by molar-refractivity contribution is 5.88. The van der Waals surface area contributed by atoms with E-state index in [9.17, 15) is 9.59 Å². The lowest BCUT2D eigenvalue weighted by atomic mass is 10.0. The zero-order valence-corrected chi connectivity index (χ0v) is 16.3. The van der Waals surface area contributed by atoms with Crippen molar-refractivity contribution in [2.24, 2.45) is 17.5 Å². The summed E-state index contributed by atoms with van der Waals surface area (Å²) in [4.78, 5) is 23.4. The lowest BCUT2D eigenvalue weighted by Crippen LogP contribution is -2.33. The topological polar surface area (TPSA) is 126 Å². The maximum Gasteiger partial charge on any atom is 0.364 e. The lowest BCUT2D eigenvalue weighted by molar-refractivity contribution is -0.167. The van der Waals surface area contributed by atoms with E-state index in [2.05, 4.69) is 19.3 Å². The minimum Gasteiger partial charge on any atom is -0.439 e. The molecule has 0 aromatic heterocycles. The van der Waals surface area contributed by atoms with Crippen molar-refractivity contribution in [2.45, 2.75) is 47.0 Å². The fraction of sp³-hybridized carbons (Fsp3) is 0.474. The smallest absolute Gasteiger partial charge is 0.364 e. The summed E-state index contributed by atoms with van der Waals surface area (Å²) in [5.41, 5.74) is 10.1. The van der Waals surface area contributed by atoms with E-state index in [4.69, 9.17) is 25.8 Å². The van der Waals surface area contributed by atoms with E-state index in [0.29, 0.717) is 5.75 Å². The fourth-order valence-electron chi connectivity index (χ4n) is 2.30. The third-order valence-corrected chi connectivity index (χ3v) is 3.76. The Balaban J connectivity index is 2.84.